The topological polar surface area (TPSA) is 112 Å². The molecule has 0 spiro atoms. The first-order valence-corrected chi connectivity index (χ1v) is 10.4. The number of aromatic nitrogens is 5. The van der Waals surface area contributed by atoms with Crippen molar-refractivity contribution in [2.24, 2.45) is 0 Å². The third kappa shape index (κ3) is 4.11. The van der Waals surface area contributed by atoms with E-state index in [4.69, 9.17) is 16.9 Å². The molecule has 0 aliphatic rings. The number of benzene rings is 1. The fourth-order valence-corrected chi connectivity index (χ4v) is 3.60. The Morgan fingerprint density at radius 1 is 1.31 bits per heavy atom. The second-order valence-corrected chi connectivity index (χ2v) is 7.58. The van der Waals surface area contributed by atoms with Crippen LogP contribution in [0.25, 0.3) is 22.5 Å². The molecule has 0 fully saturated rings. The van der Waals surface area contributed by atoms with Crippen LogP contribution in [-0.2, 0) is 0 Å². The molecule has 1 aromatic carbocycles. The maximum Gasteiger partial charge on any atom is 0.270 e. The lowest BCUT2D eigenvalue weighted by molar-refractivity contribution is 0.0908. The average Bonchev–Trinajstić information content (AvgIpc) is 3.50. The molecule has 1 unspecified atom stereocenters. The number of nitriles is 1. The molecule has 4 aromatic rings. The fraction of sp³-hybridized carbons (Fsp3) is 0.174. The van der Waals surface area contributed by atoms with Crippen LogP contribution in [0, 0.1) is 18.3 Å². The summed E-state index contributed by atoms with van der Waals surface area (Å²) in [7, 11) is 0. The van der Waals surface area contributed by atoms with Crippen LogP contribution in [0.5, 0.6) is 0 Å². The van der Waals surface area contributed by atoms with E-state index >= 15 is 0 Å². The van der Waals surface area contributed by atoms with E-state index in [0.29, 0.717) is 34.1 Å². The normalized spacial score (nSPS) is 11.7. The molecule has 9 heteroatoms. The van der Waals surface area contributed by atoms with E-state index in [0.717, 1.165) is 16.7 Å². The summed E-state index contributed by atoms with van der Waals surface area (Å²) in [6.45, 7) is 3.82. The summed E-state index contributed by atoms with van der Waals surface area (Å²) in [6, 6.07) is 12.8. The van der Waals surface area contributed by atoms with Crippen molar-refractivity contribution in [1.82, 2.24) is 30.3 Å². The molecule has 3 aromatic heterocycles. The molecular formula is C23H20ClN7O. The van der Waals surface area contributed by atoms with Gasteiger partial charge in [0.05, 0.1) is 22.0 Å². The minimum absolute atomic E-state index is 0.283. The smallest absolute Gasteiger partial charge is 0.270 e. The predicted molar refractivity (Wildman–Crippen MR) is 121 cm³/mol. The van der Waals surface area contributed by atoms with E-state index in [9.17, 15) is 4.79 Å². The summed E-state index contributed by atoms with van der Waals surface area (Å²) >= 11 is 6.30. The molecule has 0 saturated carbocycles. The quantitative estimate of drug-likeness (QED) is 0.453. The number of hydrogen-bond donors (Lipinski definition) is 2. The van der Waals surface area contributed by atoms with Gasteiger partial charge in [-0.1, -0.05) is 24.6 Å². The van der Waals surface area contributed by atoms with Gasteiger partial charge in [-0.15, -0.1) is 0 Å². The Kier molecular flexibility index (Phi) is 6.01. The zero-order chi connectivity index (χ0) is 22.7. The van der Waals surface area contributed by atoms with E-state index in [2.05, 4.69) is 31.7 Å². The first-order chi connectivity index (χ1) is 15.5. The lowest BCUT2D eigenvalue weighted by atomic mass is 10.0. The highest BCUT2D eigenvalue weighted by Crippen LogP contribution is 2.30. The number of carbonyl (C=O) groups excluding carboxylic acids is 1. The molecule has 1 amide bonds. The highest BCUT2D eigenvalue weighted by molar-refractivity contribution is 6.32. The van der Waals surface area contributed by atoms with Gasteiger partial charge in [0.1, 0.15) is 17.9 Å². The van der Waals surface area contributed by atoms with E-state index in [1.807, 2.05) is 44.3 Å². The summed E-state index contributed by atoms with van der Waals surface area (Å²) in [5.41, 5.74) is 4.58. The van der Waals surface area contributed by atoms with Crippen molar-refractivity contribution >= 4 is 17.5 Å². The Labute approximate surface area is 189 Å². The second-order valence-electron chi connectivity index (χ2n) is 7.20. The number of halogens is 1. The lowest BCUT2D eigenvalue weighted by Crippen LogP contribution is -2.32. The molecule has 3 heterocycles. The van der Waals surface area contributed by atoms with Crippen LogP contribution < -0.4 is 5.32 Å². The molecule has 8 nitrogen and oxygen atoms in total. The van der Waals surface area contributed by atoms with Crippen molar-refractivity contribution in [2.75, 3.05) is 0 Å². The highest BCUT2D eigenvalue weighted by Gasteiger charge is 2.18. The zero-order valence-corrected chi connectivity index (χ0v) is 18.3. The first kappa shape index (κ1) is 21.3. The molecule has 4 rings (SSSR count). The van der Waals surface area contributed by atoms with Crippen molar-refractivity contribution in [3.05, 3.63) is 76.8 Å². The van der Waals surface area contributed by atoms with Crippen LogP contribution in [0.3, 0.4) is 0 Å². The average molecular weight is 446 g/mol. The molecule has 0 aliphatic heterocycles. The van der Waals surface area contributed by atoms with Gasteiger partial charge >= 0.3 is 0 Å². The van der Waals surface area contributed by atoms with Crippen LogP contribution in [0.2, 0.25) is 5.02 Å². The summed E-state index contributed by atoms with van der Waals surface area (Å²) in [4.78, 5) is 16.9. The number of H-pyrrole nitrogens is 1. The zero-order valence-electron chi connectivity index (χ0n) is 17.5. The van der Waals surface area contributed by atoms with Gasteiger partial charge in [-0.05, 0) is 49.2 Å². The predicted octanol–water partition coefficient (Wildman–Crippen LogP) is 4.51. The molecule has 0 radical (unpaired) electrons. The van der Waals surface area contributed by atoms with Crippen molar-refractivity contribution in [3.8, 4) is 28.6 Å². The third-order valence-corrected chi connectivity index (χ3v) is 5.66. The Bertz CT molecular complexity index is 1300. The van der Waals surface area contributed by atoms with Gasteiger partial charge < -0.3 is 5.32 Å². The van der Waals surface area contributed by atoms with Crippen LogP contribution in [0.15, 0.2) is 55.0 Å². The summed E-state index contributed by atoms with van der Waals surface area (Å²) in [5.74, 6) is -0.283. The van der Waals surface area contributed by atoms with E-state index in [-0.39, 0.29) is 12.1 Å². The van der Waals surface area contributed by atoms with E-state index in [1.165, 1.54) is 0 Å². The number of aromatic amines is 1. The SMILES string of the molecule is CCC(NC(=O)c1cc(-c2cccnc2)n[nH]1)n1ccc(-c2ccc(C#N)c(Cl)c2C)n1. The Morgan fingerprint density at radius 2 is 2.16 bits per heavy atom. The van der Waals surface area contributed by atoms with Gasteiger partial charge in [0, 0.05) is 29.7 Å². The third-order valence-electron chi connectivity index (χ3n) is 5.17. The minimum Gasteiger partial charge on any atom is -0.329 e. The number of hydrogen-bond acceptors (Lipinski definition) is 5. The van der Waals surface area contributed by atoms with Gasteiger partial charge in [0.15, 0.2) is 0 Å². The molecule has 2 N–H and O–H groups in total. The van der Waals surface area contributed by atoms with Crippen LogP contribution >= 0.6 is 11.6 Å². The molecule has 0 aliphatic carbocycles. The second kappa shape index (κ2) is 9.04. The Morgan fingerprint density at radius 3 is 2.88 bits per heavy atom. The summed E-state index contributed by atoms with van der Waals surface area (Å²) < 4.78 is 1.71. The van der Waals surface area contributed by atoms with E-state index in [1.54, 1.807) is 29.2 Å². The van der Waals surface area contributed by atoms with Crippen molar-refractivity contribution in [1.29, 1.82) is 5.26 Å². The number of rotatable bonds is 6. The molecule has 160 valence electrons. The maximum atomic E-state index is 12.8. The molecular weight excluding hydrogens is 426 g/mol. The van der Waals surface area contributed by atoms with Crippen LogP contribution in [-0.4, -0.2) is 30.9 Å². The maximum absolute atomic E-state index is 12.8. The molecule has 0 bridgehead atoms. The van der Waals surface area contributed by atoms with Crippen LogP contribution in [0.4, 0.5) is 0 Å². The lowest BCUT2D eigenvalue weighted by Gasteiger charge is -2.17. The fourth-order valence-electron chi connectivity index (χ4n) is 3.39. The van der Waals surface area contributed by atoms with Crippen molar-refractivity contribution in [2.45, 2.75) is 26.4 Å². The number of carbonyl (C=O) groups is 1. The number of amides is 1. The molecule has 1 atom stereocenters. The Hall–Kier alpha value is -3.96. The first-order valence-electron chi connectivity index (χ1n) is 10.0. The minimum atomic E-state index is -0.351. The molecule has 32 heavy (non-hydrogen) atoms. The monoisotopic (exact) mass is 445 g/mol. The van der Waals surface area contributed by atoms with E-state index < -0.39 is 0 Å². The van der Waals surface area contributed by atoms with Gasteiger partial charge in [-0.2, -0.15) is 15.5 Å². The summed E-state index contributed by atoms with van der Waals surface area (Å²) in [5, 5.41) is 24.2. The van der Waals surface area contributed by atoms with Crippen LogP contribution in [0.1, 0.15) is 41.1 Å². The number of pyridine rings is 1. The number of nitrogens with zero attached hydrogens (tertiary/aromatic N) is 5. The molecule has 0 saturated heterocycles. The standard InChI is InChI=1S/C23H20ClN7O/c1-3-21(27-23(32)20-11-19(28-29-20)16-5-4-9-26-13-16)31-10-8-18(30-31)17-7-6-15(12-25)22(24)14(17)2/h4-11,13,21H,3H2,1-2H3,(H,27,32)(H,28,29). The van der Waals surface area contributed by atoms with Gasteiger partial charge in [-0.25, -0.2) is 4.68 Å². The Balaban J connectivity index is 1.53. The number of nitrogens with one attached hydrogen (secondary N) is 2. The highest BCUT2D eigenvalue weighted by atomic mass is 35.5. The van der Waals surface area contributed by atoms with Crippen molar-refractivity contribution < 1.29 is 4.79 Å². The van der Waals surface area contributed by atoms with Gasteiger partial charge in [-0.3, -0.25) is 14.9 Å². The largest absolute Gasteiger partial charge is 0.329 e. The van der Waals surface area contributed by atoms with Crippen molar-refractivity contribution in [3.63, 3.8) is 0 Å². The summed E-state index contributed by atoms with van der Waals surface area (Å²) in [6.07, 6.45) is 5.46. The van der Waals surface area contributed by atoms with Gasteiger partial charge in [0.2, 0.25) is 0 Å². The van der Waals surface area contributed by atoms with Gasteiger partial charge in [0.25, 0.3) is 5.91 Å².